The molecular weight excluding hydrogens is 555 g/mol. The number of thioether (sulfide) groups is 1. The van der Waals surface area contributed by atoms with Crippen LogP contribution in [0.15, 0.2) is 77.7 Å². The number of rotatable bonds is 7. The van der Waals surface area contributed by atoms with Gasteiger partial charge < -0.3 is 4.74 Å². The van der Waals surface area contributed by atoms with Crippen molar-refractivity contribution in [1.29, 1.82) is 0 Å². The van der Waals surface area contributed by atoms with E-state index in [1.807, 2.05) is 24.3 Å². The van der Waals surface area contributed by atoms with Crippen molar-refractivity contribution >= 4 is 57.3 Å². The molecule has 0 saturated carbocycles. The van der Waals surface area contributed by atoms with Gasteiger partial charge in [-0.3, -0.25) is 24.6 Å². The number of nitro benzene ring substituents is 1. The van der Waals surface area contributed by atoms with E-state index in [1.54, 1.807) is 48.5 Å². The molecule has 1 aliphatic rings. The highest BCUT2D eigenvalue weighted by Gasteiger charge is 2.34. The summed E-state index contributed by atoms with van der Waals surface area (Å²) in [6.45, 7) is 0.297. The normalized spacial score (nSPS) is 14.7. The number of amides is 2. The first-order valence-electron chi connectivity index (χ1n) is 9.86. The van der Waals surface area contributed by atoms with Gasteiger partial charge in [0, 0.05) is 9.64 Å². The third-order valence-electron chi connectivity index (χ3n) is 4.89. The Labute approximate surface area is 207 Å². The molecule has 0 aromatic heterocycles. The Morgan fingerprint density at radius 1 is 1.00 bits per heavy atom. The topological polar surface area (TPSA) is 89.7 Å². The average Bonchev–Trinajstić information content (AvgIpc) is 3.07. The number of imide groups is 1. The number of halogens is 1. The number of nitro groups is 1. The van der Waals surface area contributed by atoms with Crippen molar-refractivity contribution in [1.82, 2.24) is 4.90 Å². The molecule has 3 aromatic carbocycles. The van der Waals surface area contributed by atoms with Crippen LogP contribution in [0.3, 0.4) is 0 Å². The number of carbonyl (C=O) groups excluding carboxylic acids is 2. The van der Waals surface area contributed by atoms with E-state index in [1.165, 1.54) is 11.0 Å². The molecule has 7 nitrogen and oxygen atoms in total. The minimum Gasteiger partial charge on any atom is -0.489 e. The smallest absolute Gasteiger partial charge is 0.293 e. The lowest BCUT2D eigenvalue weighted by atomic mass is 10.2. The molecule has 3 aromatic rings. The van der Waals surface area contributed by atoms with E-state index < -0.39 is 4.92 Å². The van der Waals surface area contributed by atoms with Gasteiger partial charge in [0.15, 0.2) is 0 Å². The fourth-order valence-corrected chi connectivity index (χ4v) is 4.39. The van der Waals surface area contributed by atoms with Crippen molar-refractivity contribution in [2.45, 2.75) is 13.2 Å². The first-order chi connectivity index (χ1) is 15.9. The maximum Gasteiger partial charge on any atom is 0.293 e. The van der Waals surface area contributed by atoms with Gasteiger partial charge in [0.25, 0.3) is 16.8 Å². The highest BCUT2D eigenvalue weighted by atomic mass is 127. The van der Waals surface area contributed by atoms with Crippen molar-refractivity contribution in [3.63, 3.8) is 0 Å². The number of carbonyl (C=O) groups is 2. The van der Waals surface area contributed by atoms with E-state index >= 15 is 0 Å². The Balaban J connectivity index is 1.41. The number of hydrogen-bond acceptors (Lipinski definition) is 6. The standard InChI is InChI=1S/C24H17IN2O5S/c25-19-9-5-17(6-10-19)14-26-23(28)22(33-24(26)29)13-16-7-11-20(12-8-16)32-15-18-3-1-2-4-21(18)27(30)31/h1-13H,14-15H2/b22-13-. The Morgan fingerprint density at radius 2 is 1.70 bits per heavy atom. The molecule has 0 spiro atoms. The highest BCUT2D eigenvalue weighted by molar-refractivity contribution is 14.1. The lowest BCUT2D eigenvalue weighted by Crippen LogP contribution is -2.27. The second kappa shape index (κ2) is 10.2. The molecule has 1 saturated heterocycles. The molecule has 0 unspecified atom stereocenters. The molecule has 0 aliphatic carbocycles. The largest absolute Gasteiger partial charge is 0.489 e. The monoisotopic (exact) mass is 572 g/mol. The van der Waals surface area contributed by atoms with Gasteiger partial charge in [-0.25, -0.2) is 0 Å². The summed E-state index contributed by atoms with van der Waals surface area (Å²) < 4.78 is 6.76. The van der Waals surface area contributed by atoms with Crippen molar-refractivity contribution in [2.24, 2.45) is 0 Å². The van der Waals surface area contributed by atoms with Gasteiger partial charge in [0.1, 0.15) is 12.4 Å². The van der Waals surface area contributed by atoms with E-state index in [9.17, 15) is 19.7 Å². The number of hydrogen-bond donors (Lipinski definition) is 0. The molecular formula is C24H17IN2O5S. The van der Waals surface area contributed by atoms with E-state index in [4.69, 9.17) is 4.74 Å². The van der Waals surface area contributed by atoms with Gasteiger partial charge in [0.05, 0.1) is 21.9 Å². The molecule has 0 radical (unpaired) electrons. The maximum absolute atomic E-state index is 12.7. The van der Waals surface area contributed by atoms with E-state index in [2.05, 4.69) is 22.6 Å². The van der Waals surface area contributed by atoms with Crippen LogP contribution in [0, 0.1) is 13.7 Å². The van der Waals surface area contributed by atoms with E-state index in [-0.39, 0.29) is 30.0 Å². The molecule has 4 rings (SSSR count). The Bertz CT molecular complexity index is 1240. The number of nitrogens with zero attached hydrogens (tertiary/aromatic N) is 2. The van der Waals surface area contributed by atoms with Crippen LogP contribution in [0.2, 0.25) is 0 Å². The Hall–Kier alpha value is -3.18. The van der Waals surface area contributed by atoms with Crippen molar-refractivity contribution in [3.8, 4) is 5.75 Å². The minimum atomic E-state index is -0.437. The zero-order valence-electron chi connectivity index (χ0n) is 17.1. The molecule has 1 aliphatic heterocycles. The second-order valence-electron chi connectivity index (χ2n) is 7.14. The zero-order chi connectivity index (χ0) is 23.4. The molecule has 0 atom stereocenters. The SMILES string of the molecule is O=C1S/C(=C\c2ccc(OCc3ccccc3[N+](=O)[O-])cc2)C(=O)N1Cc1ccc(I)cc1. The molecule has 166 valence electrons. The molecule has 33 heavy (non-hydrogen) atoms. The van der Waals surface area contributed by atoms with E-state index in [0.717, 1.165) is 26.5 Å². The molecule has 2 amide bonds. The lowest BCUT2D eigenvalue weighted by Gasteiger charge is -2.12. The van der Waals surface area contributed by atoms with Gasteiger partial charge in [-0.1, -0.05) is 36.4 Å². The summed E-state index contributed by atoms with van der Waals surface area (Å²) in [5.74, 6) is 0.220. The van der Waals surface area contributed by atoms with Gasteiger partial charge in [0.2, 0.25) is 0 Å². The predicted octanol–water partition coefficient (Wildman–Crippen LogP) is 6.01. The van der Waals surface area contributed by atoms with Crippen LogP contribution in [-0.2, 0) is 17.9 Å². The third kappa shape index (κ3) is 5.60. The van der Waals surface area contributed by atoms with Crippen LogP contribution in [0.5, 0.6) is 5.75 Å². The summed E-state index contributed by atoms with van der Waals surface area (Å²) >= 11 is 3.12. The maximum atomic E-state index is 12.7. The summed E-state index contributed by atoms with van der Waals surface area (Å²) in [5, 5.41) is 10.8. The molecule has 1 fully saturated rings. The quantitative estimate of drug-likeness (QED) is 0.149. The fourth-order valence-electron chi connectivity index (χ4n) is 3.19. The van der Waals surface area contributed by atoms with Gasteiger partial charge in [-0.15, -0.1) is 0 Å². The summed E-state index contributed by atoms with van der Waals surface area (Å²) in [6, 6.07) is 21.1. The third-order valence-corrected chi connectivity index (χ3v) is 6.51. The van der Waals surface area contributed by atoms with Crippen molar-refractivity contribution in [2.75, 3.05) is 0 Å². The summed E-state index contributed by atoms with van der Waals surface area (Å²) in [4.78, 5) is 37.4. The Kier molecular flexibility index (Phi) is 7.09. The molecule has 0 N–H and O–H groups in total. The number of para-hydroxylation sites is 1. The first kappa shape index (κ1) is 23.0. The summed E-state index contributed by atoms with van der Waals surface area (Å²) in [7, 11) is 0. The van der Waals surface area contributed by atoms with Crippen LogP contribution in [0.4, 0.5) is 10.5 Å². The van der Waals surface area contributed by atoms with Crippen LogP contribution in [-0.4, -0.2) is 21.0 Å². The minimum absolute atomic E-state index is 0.00934. The van der Waals surface area contributed by atoms with Gasteiger partial charge in [-0.05, 0) is 81.9 Å². The second-order valence-corrected chi connectivity index (χ2v) is 9.38. The zero-order valence-corrected chi connectivity index (χ0v) is 20.1. The molecule has 0 bridgehead atoms. The van der Waals surface area contributed by atoms with Gasteiger partial charge in [-0.2, -0.15) is 0 Å². The number of benzene rings is 3. The van der Waals surface area contributed by atoms with Crippen LogP contribution < -0.4 is 4.74 Å². The Morgan fingerprint density at radius 3 is 2.39 bits per heavy atom. The van der Waals surface area contributed by atoms with Crippen LogP contribution in [0.1, 0.15) is 16.7 Å². The number of ether oxygens (including phenoxy) is 1. The summed E-state index contributed by atoms with van der Waals surface area (Å²) in [5.41, 5.74) is 2.12. The lowest BCUT2D eigenvalue weighted by molar-refractivity contribution is -0.385. The summed E-state index contributed by atoms with van der Waals surface area (Å²) in [6.07, 6.45) is 1.67. The van der Waals surface area contributed by atoms with E-state index in [0.29, 0.717) is 16.2 Å². The van der Waals surface area contributed by atoms with Crippen molar-refractivity contribution in [3.05, 3.63) is 108 Å². The van der Waals surface area contributed by atoms with Crippen molar-refractivity contribution < 1.29 is 19.2 Å². The highest BCUT2D eigenvalue weighted by Crippen LogP contribution is 2.33. The van der Waals surface area contributed by atoms with Crippen LogP contribution in [0.25, 0.3) is 6.08 Å². The first-order valence-corrected chi connectivity index (χ1v) is 11.8. The fraction of sp³-hybridized carbons (Fsp3) is 0.0833. The molecule has 9 heteroatoms. The molecule has 1 heterocycles. The van der Waals surface area contributed by atoms with Gasteiger partial charge >= 0.3 is 0 Å². The average molecular weight is 572 g/mol. The van der Waals surface area contributed by atoms with Crippen LogP contribution >= 0.6 is 34.4 Å². The predicted molar refractivity (Wildman–Crippen MR) is 135 cm³/mol.